The highest BCUT2D eigenvalue weighted by Gasteiger charge is 2.09. The van der Waals surface area contributed by atoms with Crippen LogP contribution < -0.4 is 4.74 Å². The van der Waals surface area contributed by atoms with Crippen LogP contribution in [0.25, 0.3) is 21.0 Å². The molecule has 0 saturated carbocycles. The summed E-state index contributed by atoms with van der Waals surface area (Å²) in [6.07, 6.45) is 15.7. The zero-order valence-corrected chi connectivity index (χ0v) is 21.7. The monoisotopic (exact) mass is 477 g/mol. The highest BCUT2D eigenvalue weighted by atomic mass is 32.1. The van der Waals surface area contributed by atoms with Crippen molar-refractivity contribution in [3.05, 3.63) is 60.3 Å². The minimum Gasteiger partial charge on any atom is -0.427 e. The van der Waals surface area contributed by atoms with Gasteiger partial charge in [0.05, 0.1) is 4.88 Å². The van der Waals surface area contributed by atoms with E-state index in [0.717, 1.165) is 40.3 Å². The quantitative estimate of drug-likeness (QED) is 0.124. The molecule has 2 aromatic carbocycles. The van der Waals surface area contributed by atoms with Gasteiger partial charge in [0.25, 0.3) is 0 Å². The topological polar surface area (TPSA) is 39.2 Å². The van der Waals surface area contributed by atoms with Crippen LogP contribution in [0, 0.1) is 0 Å². The Balaban J connectivity index is 1.48. The number of ether oxygens (including phenoxy) is 1. The van der Waals surface area contributed by atoms with Crippen LogP contribution in [0.15, 0.2) is 54.7 Å². The van der Waals surface area contributed by atoms with E-state index >= 15 is 0 Å². The Morgan fingerprint density at radius 3 is 2.09 bits per heavy atom. The smallest absolute Gasteiger partial charge is 0.311 e. The second-order valence-electron chi connectivity index (χ2n) is 9.05. The van der Waals surface area contributed by atoms with Gasteiger partial charge in [-0.15, -0.1) is 11.3 Å². The summed E-state index contributed by atoms with van der Waals surface area (Å²) in [4.78, 5) is 17.9. The molecule has 3 aromatic rings. The molecular formula is C30H39NO2S. The maximum Gasteiger partial charge on any atom is 0.311 e. The third-order valence-corrected chi connectivity index (χ3v) is 7.23. The molecule has 0 aliphatic carbocycles. The number of aromatic nitrogens is 1. The number of aryl methyl sites for hydroxylation is 1. The van der Waals surface area contributed by atoms with E-state index in [4.69, 9.17) is 4.74 Å². The molecule has 0 amide bonds. The molecule has 0 unspecified atom stereocenters. The number of benzene rings is 2. The predicted molar refractivity (Wildman–Crippen MR) is 144 cm³/mol. The number of hydrogen-bond acceptors (Lipinski definition) is 4. The van der Waals surface area contributed by atoms with Crippen LogP contribution in [0.3, 0.4) is 0 Å². The van der Waals surface area contributed by atoms with E-state index in [1.54, 1.807) is 11.3 Å². The van der Waals surface area contributed by atoms with Gasteiger partial charge in [-0.2, -0.15) is 0 Å². The molecule has 3 rings (SSSR count). The minimum absolute atomic E-state index is 0.142. The first kappa shape index (κ1) is 26.2. The lowest BCUT2D eigenvalue weighted by molar-refractivity contribution is -0.134. The van der Waals surface area contributed by atoms with Gasteiger partial charge in [0, 0.05) is 18.2 Å². The largest absolute Gasteiger partial charge is 0.427 e. The Morgan fingerprint density at radius 2 is 1.38 bits per heavy atom. The number of esters is 1. The molecule has 0 aliphatic heterocycles. The molecule has 182 valence electrons. The van der Waals surface area contributed by atoms with Crippen molar-refractivity contribution in [3.8, 4) is 26.8 Å². The number of rotatable bonds is 15. The highest BCUT2D eigenvalue weighted by Crippen LogP contribution is 2.33. The van der Waals surface area contributed by atoms with Crippen LogP contribution in [-0.4, -0.2) is 11.0 Å². The molecule has 0 aliphatic rings. The first-order valence-electron chi connectivity index (χ1n) is 13.1. The van der Waals surface area contributed by atoms with Gasteiger partial charge in [0.2, 0.25) is 0 Å². The van der Waals surface area contributed by atoms with E-state index < -0.39 is 0 Å². The lowest BCUT2D eigenvalue weighted by atomic mass is 10.0. The molecule has 0 spiro atoms. The lowest BCUT2D eigenvalue weighted by Gasteiger charge is -2.05. The molecule has 1 heterocycles. The van der Waals surface area contributed by atoms with Crippen LogP contribution in [0.1, 0.15) is 90.0 Å². The van der Waals surface area contributed by atoms with Crippen molar-refractivity contribution >= 4 is 17.3 Å². The number of unbranched alkanes of at least 4 members (excludes halogenated alkanes) is 8. The summed E-state index contributed by atoms with van der Waals surface area (Å²) in [6, 6.07) is 16.6. The van der Waals surface area contributed by atoms with Gasteiger partial charge in [0.15, 0.2) is 0 Å². The molecule has 4 heteroatoms. The third kappa shape index (κ3) is 8.72. The van der Waals surface area contributed by atoms with Gasteiger partial charge in [0.1, 0.15) is 10.8 Å². The summed E-state index contributed by atoms with van der Waals surface area (Å²) in [7, 11) is 0. The fraction of sp³-hybridized carbons (Fsp3) is 0.467. The first-order valence-corrected chi connectivity index (χ1v) is 13.9. The van der Waals surface area contributed by atoms with Crippen molar-refractivity contribution in [1.82, 2.24) is 4.98 Å². The Bertz CT molecular complexity index is 976. The van der Waals surface area contributed by atoms with E-state index in [1.165, 1.54) is 56.9 Å². The Kier molecular flexibility index (Phi) is 11.3. The van der Waals surface area contributed by atoms with Crippen LogP contribution in [0.5, 0.6) is 5.75 Å². The molecule has 0 radical (unpaired) electrons. The molecule has 0 N–H and O–H groups in total. The van der Waals surface area contributed by atoms with Gasteiger partial charge in [-0.1, -0.05) is 89.5 Å². The summed E-state index contributed by atoms with van der Waals surface area (Å²) in [6.45, 7) is 4.46. The highest BCUT2D eigenvalue weighted by molar-refractivity contribution is 7.18. The van der Waals surface area contributed by atoms with Crippen molar-refractivity contribution in [2.24, 2.45) is 0 Å². The second-order valence-corrected chi connectivity index (χ2v) is 10.1. The van der Waals surface area contributed by atoms with Gasteiger partial charge in [-0.3, -0.25) is 4.79 Å². The number of hydrogen-bond donors (Lipinski definition) is 0. The third-order valence-electron chi connectivity index (χ3n) is 6.13. The van der Waals surface area contributed by atoms with E-state index in [-0.39, 0.29) is 5.97 Å². The summed E-state index contributed by atoms with van der Waals surface area (Å²) in [5.41, 5.74) is 3.65. The molecule has 3 nitrogen and oxygen atoms in total. The fourth-order valence-corrected chi connectivity index (χ4v) is 4.96. The molecule has 34 heavy (non-hydrogen) atoms. The van der Waals surface area contributed by atoms with Crippen molar-refractivity contribution in [2.75, 3.05) is 0 Å². The fourth-order valence-electron chi connectivity index (χ4n) is 4.03. The number of carbonyl (C=O) groups is 1. The van der Waals surface area contributed by atoms with Crippen LogP contribution in [0.4, 0.5) is 0 Å². The zero-order chi connectivity index (χ0) is 24.0. The van der Waals surface area contributed by atoms with E-state index in [1.807, 2.05) is 30.5 Å². The summed E-state index contributed by atoms with van der Waals surface area (Å²) < 4.78 is 5.51. The van der Waals surface area contributed by atoms with Gasteiger partial charge in [-0.25, -0.2) is 4.98 Å². The van der Waals surface area contributed by atoms with E-state index in [0.29, 0.717) is 12.2 Å². The van der Waals surface area contributed by atoms with Gasteiger partial charge in [-0.05, 0) is 54.7 Å². The maximum atomic E-state index is 12.1. The standard InChI is InChI=1S/C30H39NO2S/c1-3-5-7-9-10-12-14-29(32)33-27-21-19-25(20-22-27)28-23-31-30(34-28)26-17-15-24(16-18-26)13-11-8-6-4-2/h15-23H,3-14H2,1-2H3. The molecule has 0 bridgehead atoms. The maximum absolute atomic E-state index is 12.1. The van der Waals surface area contributed by atoms with Crippen LogP contribution >= 0.6 is 11.3 Å². The average Bonchev–Trinajstić information content (AvgIpc) is 3.35. The zero-order valence-electron chi connectivity index (χ0n) is 20.9. The Morgan fingerprint density at radius 1 is 0.765 bits per heavy atom. The average molecular weight is 478 g/mol. The number of thiazole rings is 1. The van der Waals surface area contributed by atoms with E-state index in [9.17, 15) is 4.79 Å². The molecule has 0 saturated heterocycles. The SMILES string of the molecule is CCCCCCCCC(=O)Oc1ccc(-c2cnc(-c3ccc(CCCCCC)cc3)s2)cc1. The lowest BCUT2D eigenvalue weighted by Crippen LogP contribution is -2.07. The van der Waals surface area contributed by atoms with Crippen molar-refractivity contribution in [2.45, 2.75) is 90.9 Å². The summed E-state index contributed by atoms with van der Waals surface area (Å²) >= 11 is 1.69. The molecule has 0 atom stereocenters. The molecular weight excluding hydrogens is 438 g/mol. The number of nitrogens with zero attached hydrogens (tertiary/aromatic N) is 1. The summed E-state index contributed by atoms with van der Waals surface area (Å²) in [5.74, 6) is 0.469. The normalized spacial score (nSPS) is 11.0. The predicted octanol–water partition coefficient (Wildman–Crippen LogP) is 9.26. The van der Waals surface area contributed by atoms with Crippen molar-refractivity contribution in [3.63, 3.8) is 0 Å². The molecule has 0 fully saturated rings. The van der Waals surface area contributed by atoms with Crippen LogP contribution in [0.2, 0.25) is 0 Å². The first-order chi connectivity index (χ1) is 16.7. The minimum atomic E-state index is -0.142. The van der Waals surface area contributed by atoms with E-state index in [2.05, 4.69) is 43.1 Å². The second kappa shape index (κ2) is 14.7. The van der Waals surface area contributed by atoms with Crippen molar-refractivity contribution < 1.29 is 9.53 Å². The molecule has 1 aromatic heterocycles. The Hall–Kier alpha value is -2.46. The van der Waals surface area contributed by atoms with Gasteiger partial charge < -0.3 is 4.74 Å². The Labute approximate surface area is 209 Å². The summed E-state index contributed by atoms with van der Waals surface area (Å²) in [5, 5.41) is 1.03. The van der Waals surface area contributed by atoms with Crippen molar-refractivity contribution in [1.29, 1.82) is 0 Å². The number of carbonyl (C=O) groups excluding carboxylic acids is 1. The van der Waals surface area contributed by atoms with Crippen LogP contribution in [-0.2, 0) is 11.2 Å². The van der Waals surface area contributed by atoms with Gasteiger partial charge >= 0.3 is 5.97 Å².